The molecule has 4 rings (SSSR count). The van der Waals surface area contributed by atoms with Gasteiger partial charge in [-0.2, -0.15) is 0 Å². The van der Waals surface area contributed by atoms with Gasteiger partial charge in [-0.3, -0.25) is 38.5 Å². The van der Waals surface area contributed by atoms with E-state index in [0.717, 1.165) is 17.5 Å². The summed E-state index contributed by atoms with van der Waals surface area (Å²) >= 11 is 0. The van der Waals surface area contributed by atoms with Crippen molar-refractivity contribution in [1.82, 2.24) is 26.2 Å². The predicted molar refractivity (Wildman–Crippen MR) is 250 cm³/mol. The predicted octanol–water partition coefficient (Wildman–Crippen LogP) is 4.92. The Hall–Kier alpha value is -5.77. The van der Waals surface area contributed by atoms with Crippen LogP contribution in [0.5, 0.6) is 5.75 Å². The second-order valence-electron chi connectivity index (χ2n) is 18.1. The Bertz CT molecular complexity index is 2070. The number of rotatable bonds is 29. The molecule has 15 heteroatoms. The van der Waals surface area contributed by atoms with E-state index in [0.29, 0.717) is 44.4 Å². The van der Waals surface area contributed by atoms with Crippen molar-refractivity contribution in [3.63, 3.8) is 0 Å². The molecule has 15 nitrogen and oxygen atoms in total. The van der Waals surface area contributed by atoms with Gasteiger partial charge in [-0.1, -0.05) is 101 Å². The number of benzene rings is 3. The SMILES string of the molecule is CCCOCCN(CC(=O)N[C@@H](CCc1ccccc1)C(=O)N[C@@H](CC(C)C)C(=O)N[C@@H](Cc1ccccc1)C(=O)N[C@@H](CC(C)C)C(=O)[C@@]1(C)CO1)Cc1ccc(OC(C)=O)c(C=O)c1. The molecule has 66 heavy (non-hydrogen) atoms. The van der Waals surface area contributed by atoms with Crippen LogP contribution >= 0.6 is 0 Å². The third-order valence-corrected chi connectivity index (χ3v) is 11.0. The maximum atomic E-state index is 14.4. The lowest BCUT2D eigenvalue weighted by molar-refractivity contribution is -0.135. The minimum absolute atomic E-state index is 0.0570. The van der Waals surface area contributed by atoms with E-state index in [1.54, 1.807) is 19.1 Å². The molecule has 0 radical (unpaired) electrons. The second kappa shape index (κ2) is 26.4. The molecule has 0 spiro atoms. The van der Waals surface area contributed by atoms with E-state index in [-0.39, 0.29) is 67.9 Å². The summed E-state index contributed by atoms with van der Waals surface area (Å²) in [6, 6.07) is 19.5. The van der Waals surface area contributed by atoms with Gasteiger partial charge in [0.2, 0.25) is 23.6 Å². The number of epoxide rings is 1. The first-order valence-corrected chi connectivity index (χ1v) is 23.0. The standard InChI is InChI=1S/C51H69N5O10/c1-8-24-64-25-23-56(30-39-20-22-45(66-36(6)58)40(28-39)32-57)31-46(59)52-41(21-19-37-15-11-9-12-16-37)48(61)54-43(27-35(4)5)49(62)55-44(29-38-17-13-10-14-18-38)50(63)53-42(26-34(2)3)47(60)51(7)33-65-51/h9-18,20,22,28,32,34-35,41-44H,8,19,21,23-27,29-31,33H2,1-7H3,(H,52,59)(H,53,63)(H,54,61)(H,55,62)/t41-,42-,43-,44-,51+/m0/s1. The summed E-state index contributed by atoms with van der Waals surface area (Å²) in [6.07, 6.45) is 2.80. The van der Waals surface area contributed by atoms with Crippen LogP contribution in [0.25, 0.3) is 0 Å². The highest BCUT2D eigenvalue weighted by Gasteiger charge is 2.50. The monoisotopic (exact) mass is 912 g/mol. The molecule has 3 aromatic rings. The Morgan fingerprint density at radius 2 is 1.32 bits per heavy atom. The Morgan fingerprint density at radius 1 is 0.742 bits per heavy atom. The summed E-state index contributed by atoms with van der Waals surface area (Å²) in [5.74, 6) is -2.78. The highest BCUT2D eigenvalue weighted by molar-refractivity contribution is 5.99. The van der Waals surface area contributed by atoms with Crippen LogP contribution in [0, 0.1) is 11.8 Å². The first kappa shape index (κ1) is 52.9. The number of nitrogens with zero attached hydrogens (tertiary/aromatic N) is 1. The van der Waals surface area contributed by atoms with Crippen molar-refractivity contribution in [3.8, 4) is 5.75 Å². The van der Waals surface area contributed by atoms with Crippen molar-refractivity contribution in [2.75, 3.05) is 32.9 Å². The van der Waals surface area contributed by atoms with Gasteiger partial charge in [-0.05, 0) is 79.7 Å². The van der Waals surface area contributed by atoms with Crippen molar-refractivity contribution < 1.29 is 47.8 Å². The molecule has 0 saturated carbocycles. The van der Waals surface area contributed by atoms with Gasteiger partial charge in [0.05, 0.1) is 31.4 Å². The van der Waals surface area contributed by atoms with Crippen LogP contribution in [0.1, 0.15) is 101 Å². The Morgan fingerprint density at radius 3 is 1.91 bits per heavy atom. The van der Waals surface area contributed by atoms with Crippen molar-refractivity contribution >= 4 is 41.7 Å². The summed E-state index contributed by atoms with van der Waals surface area (Å²) in [7, 11) is 0. The number of Topliss-reactive ketones (excluding diaryl/α,β-unsaturated/α-hetero) is 1. The number of ketones is 1. The van der Waals surface area contributed by atoms with Crippen LogP contribution in [0.15, 0.2) is 78.9 Å². The molecule has 1 saturated heterocycles. The topological polar surface area (TPSA) is 202 Å². The molecule has 5 atom stereocenters. The number of esters is 1. The van der Waals surface area contributed by atoms with E-state index in [2.05, 4.69) is 21.3 Å². The molecule has 1 aliphatic heterocycles. The fourth-order valence-corrected chi connectivity index (χ4v) is 7.52. The first-order valence-electron chi connectivity index (χ1n) is 23.0. The number of carbonyl (C=O) groups is 7. The lowest BCUT2D eigenvalue weighted by Crippen LogP contribution is -2.59. The van der Waals surface area contributed by atoms with Crippen molar-refractivity contribution in [2.24, 2.45) is 11.8 Å². The number of nitrogens with one attached hydrogen (secondary N) is 4. The molecule has 358 valence electrons. The molecule has 0 aromatic heterocycles. The van der Waals surface area contributed by atoms with Crippen LogP contribution in [0.3, 0.4) is 0 Å². The van der Waals surface area contributed by atoms with Crippen molar-refractivity contribution in [1.29, 1.82) is 0 Å². The number of hydrogen-bond donors (Lipinski definition) is 4. The Balaban J connectivity index is 1.56. The number of aryl methyl sites for hydroxylation is 1. The normalized spacial score (nSPS) is 16.2. The minimum atomic E-state index is -1.09. The maximum Gasteiger partial charge on any atom is 0.308 e. The van der Waals surface area contributed by atoms with Crippen LogP contribution in [-0.2, 0) is 57.6 Å². The zero-order chi connectivity index (χ0) is 48.2. The molecular formula is C51H69N5O10. The highest BCUT2D eigenvalue weighted by atomic mass is 16.6. The highest BCUT2D eigenvalue weighted by Crippen LogP contribution is 2.30. The molecule has 0 bridgehead atoms. The Labute approximate surface area is 389 Å². The Kier molecular flexibility index (Phi) is 21.1. The quantitative estimate of drug-likeness (QED) is 0.0242. The molecule has 1 fully saturated rings. The number of ether oxygens (including phenoxy) is 3. The van der Waals surface area contributed by atoms with E-state index >= 15 is 0 Å². The number of amides is 4. The van der Waals surface area contributed by atoms with E-state index in [4.69, 9.17) is 14.2 Å². The molecule has 4 amide bonds. The van der Waals surface area contributed by atoms with E-state index in [9.17, 15) is 33.6 Å². The van der Waals surface area contributed by atoms with Gasteiger partial charge < -0.3 is 35.5 Å². The lowest BCUT2D eigenvalue weighted by atomic mass is 9.93. The zero-order valence-corrected chi connectivity index (χ0v) is 39.6. The smallest absolute Gasteiger partial charge is 0.308 e. The van der Waals surface area contributed by atoms with Crippen LogP contribution in [-0.4, -0.2) is 109 Å². The zero-order valence-electron chi connectivity index (χ0n) is 39.6. The van der Waals surface area contributed by atoms with Gasteiger partial charge in [-0.15, -0.1) is 0 Å². The third-order valence-electron chi connectivity index (χ3n) is 11.0. The average Bonchev–Trinajstić information content (AvgIpc) is 4.04. The van der Waals surface area contributed by atoms with E-state index in [1.165, 1.54) is 13.0 Å². The van der Waals surface area contributed by atoms with Gasteiger partial charge >= 0.3 is 5.97 Å². The first-order chi connectivity index (χ1) is 31.5. The van der Waals surface area contributed by atoms with E-state index < -0.39 is 59.4 Å². The van der Waals surface area contributed by atoms with Gasteiger partial charge in [0, 0.05) is 33.0 Å². The molecular weight excluding hydrogens is 843 g/mol. The summed E-state index contributed by atoms with van der Waals surface area (Å²) in [6.45, 7) is 14.3. The summed E-state index contributed by atoms with van der Waals surface area (Å²) in [5.41, 5.74) is 1.63. The fourth-order valence-electron chi connectivity index (χ4n) is 7.52. The van der Waals surface area contributed by atoms with Crippen LogP contribution < -0.4 is 26.0 Å². The summed E-state index contributed by atoms with van der Waals surface area (Å²) < 4.78 is 16.4. The third kappa shape index (κ3) is 17.9. The maximum absolute atomic E-state index is 14.4. The van der Waals surface area contributed by atoms with Gasteiger partial charge in [-0.25, -0.2) is 0 Å². The van der Waals surface area contributed by atoms with Gasteiger partial charge in [0.25, 0.3) is 0 Å². The summed E-state index contributed by atoms with van der Waals surface area (Å²) in [4.78, 5) is 95.6. The number of carbonyl (C=O) groups excluding carboxylic acids is 7. The molecule has 0 unspecified atom stereocenters. The second-order valence-corrected chi connectivity index (χ2v) is 18.1. The average molecular weight is 912 g/mol. The van der Waals surface area contributed by atoms with Gasteiger partial charge in [0.1, 0.15) is 29.5 Å². The van der Waals surface area contributed by atoms with E-state index in [1.807, 2.05) is 100 Å². The molecule has 1 aliphatic rings. The largest absolute Gasteiger partial charge is 0.426 e. The fraction of sp³-hybridized carbons (Fsp3) is 0.510. The summed E-state index contributed by atoms with van der Waals surface area (Å²) in [5, 5.41) is 11.7. The lowest BCUT2D eigenvalue weighted by Gasteiger charge is -2.28. The number of aldehydes is 1. The molecule has 1 heterocycles. The van der Waals surface area contributed by atoms with Crippen LogP contribution in [0.4, 0.5) is 0 Å². The molecule has 4 N–H and O–H groups in total. The van der Waals surface area contributed by atoms with Gasteiger partial charge in [0.15, 0.2) is 12.1 Å². The minimum Gasteiger partial charge on any atom is -0.426 e. The van der Waals surface area contributed by atoms with Crippen molar-refractivity contribution in [2.45, 2.75) is 123 Å². The molecule has 3 aromatic carbocycles. The molecule has 0 aliphatic carbocycles. The van der Waals surface area contributed by atoms with Crippen LogP contribution in [0.2, 0.25) is 0 Å². The van der Waals surface area contributed by atoms with Crippen molar-refractivity contribution in [3.05, 3.63) is 101 Å². The number of hydrogen-bond acceptors (Lipinski definition) is 11.